The van der Waals surface area contributed by atoms with Crippen molar-refractivity contribution < 1.29 is 9.53 Å². The van der Waals surface area contributed by atoms with Crippen molar-refractivity contribution in [3.63, 3.8) is 0 Å². The van der Waals surface area contributed by atoms with E-state index in [1.165, 1.54) is 0 Å². The van der Waals surface area contributed by atoms with Crippen LogP contribution in [0.1, 0.15) is 13.3 Å². The molecule has 0 aromatic rings. The molecule has 0 spiro atoms. The molecule has 2 unspecified atom stereocenters. The molecule has 0 saturated carbocycles. The molecule has 2 saturated heterocycles. The van der Waals surface area contributed by atoms with Crippen molar-refractivity contribution in [2.24, 2.45) is 5.92 Å². The first-order chi connectivity index (χ1) is 4.77. The van der Waals surface area contributed by atoms with Gasteiger partial charge in [-0.15, -0.1) is 0 Å². The van der Waals surface area contributed by atoms with Crippen LogP contribution < -0.4 is 0 Å². The van der Waals surface area contributed by atoms with Crippen LogP contribution in [0.5, 0.6) is 0 Å². The minimum absolute atomic E-state index is 0.116. The van der Waals surface area contributed by atoms with Crippen molar-refractivity contribution in [3.8, 4) is 0 Å². The summed E-state index contributed by atoms with van der Waals surface area (Å²) in [7, 11) is 0. The number of hydrogen-bond acceptors (Lipinski definition) is 2. The van der Waals surface area contributed by atoms with Gasteiger partial charge < -0.3 is 9.64 Å². The molecule has 3 heteroatoms. The van der Waals surface area contributed by atoms with Crippen LogP contribution in [-0.4, -0.2) is 30.2 Å². The van der Waals surface area contributed by atoms with Gasteiger partial charge in [0.15, 0.2) is 0 Å². The average Bonchev–Trinajstić information content (AvgIpc) is 2.35. The molecule has 0 aliphatic carbocycles. The number of carbonyl (C=O) groups is 1. The Labute approximate surface area is 60.0 Å². The van der Waals surface area contributed by atoms with Gasteiger partial charge in [-0.3, -0.25) is 0 Å². The van der Waals surface area contributed by atoms with Gasteiger partial charge in [0.1, 0.15) is 6.61 Å². The Hall–Kier alpha value is -0.730. The maximum Gasteiger partial charge on any atom is 0.410 e. The van der Waals surface area contributed by atoms with Crippen molar-refractivity contribution in [2.75, 3.05) is 13.2 Å². The van der Waals surface area contributed by atoms with E-state index in [-0.39, 0.29) is 6.09 Å². The molecule has 56 valence electrons. The fraction of sp³-hybridized carbons (Fsp3) is 0.857. The molecule has 0 radical (unpaired) electrons. The third kappa shape index (κ3) is 0.696. The fourth-order valence-corrected chi connectivity index (χ4v) is 1.78. The molecule has 2 rings (SSSR count). The lowest BCUT2D eigenvalue weighted by Gasteiger charge is -2.08. The van der Waals surface area contributed by atoms with Gasteiger partial charge in [-0.2, -0.15) is 0 Å². The van der Waals surface area contributed by atoms with Crippen LogP contribution in [0.4, 0.5) is 4.79 Å². The topological polar surface area (TPSA) is 29.5 Å². The zero-order chi connectivity index (χ0) is 7.14. The standard InChI is InChI=1S/C7H11NO2/c1-5-2-6-4-10-7(9)8(6)3-5/h5-6H,2-4H2,1H3. The summed E-state index contributed by atoms with van der Waals surface area (Å²) in [5, 5.41) is 0. The summed E-state index contributed by atoms with van der Waals surface area (Å²) >= 11 is 0. The Morgan fingerprint density at radius 3 is 3.20 bits per heavy atom. The van der Waals surface area contributed by atoms with Gasteiger partial charge in [0.05, 0.1) is 6.04 Å². The largest absolute Gasteiger partial charge is 0.447 e. The molecule has 2 aliphatic rings. The second-order valence-electron chi connectivity index (χ2n) is 3.22. The Bertz CT molecular complexity index is 169. The molecule has 0 aromatic heterocycles. The lowest BCUT2D eigenvalue weighted by atomic mass is 10.1. The molecular formula is C7H11NO2. The van der Waals surface area contributed by atoms with E-state index < -0.39 is 0 Å². The smallest absolute Gasteiger partial charge is 0.410 e. The molecule has 3 nitrogen and oxygen atoms in total. The van der Waals surface area contributed by atoms with Crippen LogP contribution >= 0.6 is 0 Å². The minimum Gasteiger partial charge on any atom is -0.447 e. The maximum absolute atomic E-state index is 10.9. The third-order valence-electron chi connectivity index (χ3n) is 2.26. The van der Waals surface area contributed by atoms with Crippen molar-refractivity contribution in [1.29, 1.82) is 0 Å². The lowest BCUT2D eigenvalue weighted by molar-refractivity contribution is 0.157. The molecule has 10 heavy (non-hydrogen) atoms. The summed E-state index contributed by atoms with van der Waals surface area (Å²) in [6, 6.07) is 0.391. The monoisotopic (exact) mass is 141 g/mol. The number of cyclic esters (lactones) is 1. The van der Waals surface area contributed by atoms with E-state index in [1.54, 1.807) is 0 Å². The molecule has 2 aliphatic heterocycles. The first-order valence-electron chi connectivity index (χ1n) is 3.71. The molecule has 0 aromatic carbocycles. The van der Waals surface area contributed by atoms with Gasteiger partial charge >= 0.3 is 6.09 Å². The Balaban J connectivity index is 2.12. The normalized spacial score (nSPS) is 38.1. The van der Waals surface area contributed by atoms with Gasteiger partial charge in [-0.05, 0) is 12.3 Å². The molecular weight excluding hydrogens is 130 g/mol. The van der Waals surface area contributed by atoms with Crippen LogP contribution in [-0.2, 0) is 4.74 Å². The number of carbonyl (C=O) groups excluding carboxylic acids is 1. The summed E-state index contributed by atoms with van der Waals surface area (Å²) in [4.78, 5) is 12.7. The molecule has 0 bridgehead atoms. The first kappa shape index (κ1) is 6.01. The summed E-state index contributed by atoms with van der Waals surface area (Å²) in [5.74, 6) is 0.665. The second-order valence-corrected chi connectivity index (χ2v) is 3.22. The zero-order valence-corrected chi connectivity index (χ0v) is 6.04. The predicted molar refractivity (Wildman–Crippen MR) is 35.6 cm³/mol. The van der Waals surface area contributed by atoms with Crippen molar-refractivity contribution in [3.05, 3.63) is 0 Å². The SMILES string of the molecule is CC1CC2COC(=O)N2C1. The highest BCUT2D eigenvalue weighted by molar-refractivity contribution is 5.70. The molecule has 0 N–H and O–H groups in total. The van der Waals surface area contributed by atoms with E-state index in [1.807, 2.05) is 4.90 Å². The van der Waals surface area contributed by atoms with Gasteiger partial charge in [-0.25, -0.2) is 4.79 Å². The summed E-state index contributed by atoms with van der Waals surface area (Å²) in [6.45, 7) is 3.68. The molecule has 2 fully saturated rings. The third-order valence-corrected chi connectivity index (χ3v) is 2.26. The van der Waals surface area contributed by atoms with Crippen LogP contribution in [0.3, 0.4) is 0 Å². The van der Waals surface area contributed by atoms with E-state index in [0.717, 1.165) is 13.0 Å². The van der Waals surface area contributed by atoms with Crippen LogP contribution in [0.2, 0.25) is 0 Å². The fourth-order valence-electron chi connectivity index (χ4n) is 1.78. The highest BCUT2D eigenvalue weighted by Gasteiger charge is 2.39. The number of ether oxygens (including phenoxy) is 1. The highest BCUT2D eigenvalue weighted by atomic mass is 16.6. The summed E-state index contributed by atoms with van der Waals surface area (Å²) in [6.07, 6.45) is 1.00. The Kier molecular flexibility index (Phi) is 1.13. The summed E-state index contributed by atoms with van der Waals surface area (Å²) in [5.41, 5.74) is 0. The first-order valence-corrected chi connectivity index (χ1v) is 3.71. The van der Waals surface area contributed by atoms with Gasteiger partial charge in [0.25, 0.3) is 0 Å². The van der Waals surface area contributed by atoms with Gasteiger partial charge in [0.2, 0.25) is 0 Å². The Morgan fingerprint density at radius 1 is 1.70 bits per heavy atom. The second kappa shape index (κ2) is 1.87. The van der Waals surface area contributed by atoms with Gasteiger partial charge in [0, 0.05) is 6.54 Å². The lowest BCUT2D eigenvalue weighted by Crippen LogP contribution is -2.27. The molecule has 2 atom stereocenters. The number of hydrogen-bond donors (Lipinski definition) is 0. The van der Waals surface area contributed by atoms with Crippen LogP contribution in [0.25, 0.3) is 0 Å². The van der Waals surface area contributed by atoms with Crippen LogP contribution in [0.15, 0.2) is 0 Å². The maximum atomic E-state index is 10.9. The highest BCUT2D eigenvalue weighted by Crippen LogP contribution is 2.27. The molecule has 2 heterocycles. The predicted octanol–water partition coefficient (Wildman–Crippen LogP) is 0.847. The van der Waals surface area contributed by atoms with E-state index >= 15 is 0 Å². The number of amides is 1. The quantitative estimate of drug-likeness (QED) is 0.500. The van der Waals surface area contributed by atoms with Crippen molar-refractivity contribution in [1.82, 2.24) is 4.90 Å². The average molecular weight is 141 g/mol. The van der Waals surface area contributed by atoms with Gasteiger partial charge in [-0.1, -0.05) is 6.92 Å². The van der Waals surface area contributed by atoms with E-state index in [0.29, 0.717) is 18.6 Å². The van der Waals surface area contributed by atoms with E-state index in [2.05, 4.69) is 6.92 Å². The number of nitrogens with zero attached hydrogens (tertiary/aromatic N) is 1. The zero-order valence-electron chi connectivity index (χ0n) is 6.04. The van der Waals surface area contributed by atoms with Crippen molar-refractivity contribution in [2.45, 2.75) is 19.4 Å². The van der Waals surface area contributed by atoms with E-state index in [9.17, 15) is 4.79 Å². The number of rotatable bonds is 0. The van der Waals surface area contributed by atoms with E-state index in [4.69, 9.17) is 4.74 Å². The summed E-state index contributed by atoms with van der Waals surface area (Å²) < 4.78 is 4.86. The molecule has 1 amide bonds. The van der Waals surface area contributed by atoms with Crippen LogP contribution in [0, 0.1) is 5.92 Å². The van der Waals surface area contributed by atoms with Crippen molar-refractivity contribution >= 4 is 6.09 Å². The number of fused-ring (bicyclic) bond motifs is 1. The Morgan fingerprint density at radius 2 is 2.50 bits per heavy atom. The minimum atomic E-state index is -0.116.